The predicted octanol–water partition coefficient (Wildman–Crippen LogP) is 3.41. The highest BCUT2D eigenvalue weighted by Crippen LogP contribution is 2.23. The van der Waals surface area contributed by atoms with Crippen molar-refractivity contribution in [2.75, 3.05) is 32.6 Å². The van der Waals surface area contributed by atoms with Crippen molar-refractivity contribution in [1.82, 2.24) is 4.90 Å². The van der Waals surface area contributed by atoms with Gasteiger partial charge in [0, 0.05) is 45.4 Å². The Balaban J connectivity index is 1.40. The lowest BCUT2D eigenvalue weighted by Crippen LogP contribution is -2.30. The zero-order valence-electron chi connectivity index (χ0n) is 18.5. The van der Waals surface area contributed by atoms with Crippen LogP contribution < -0.4 is 4.90 Å². The second kappa shape index (κ2) is 10.2. The normalized spacial score (nSPS) is 12.2. The fourth-order valence-electron chi connectivity index (χ4n) is 3.69. The van der Waals surface area contributed by atoms with E-state index in [0.717, 1.165) is 30.5 Å². The minimum atomic E-state index is -0.536. The van der Waals surface area contributed by atoms with Gasteiger partial charge in [-0.2, -0.15) is 0 Å². The van der Waals surface area contributed by atoms with E-state index in [4.69, 9.17) is 4.74 Å². The summed E-state index contributed by atoms with van der Waals surface area (Å²) in [5, 5.41) is 0. The van der Waals surface area contributed by atoms with Crippen LogP contribution in [0.2, 0.25) is 0 Å². The maximum absolute atomic E-state index is 12.4. The molecule has 6 heteroatoms. The van der Waals surface area contributed by atoms with Crippen LogP contribution >= 0.6 is 0 Å². The second-order valence-electron chi connectivity index (χ2n) is 8.23. The van der Waals surface area contributed by atoms with Crippen LogP contribution in [0.15, 0.2) is 42.5 Å². The summed E-state index contributed by atoms with van der Waals surface area (Å²) in [7, 11) is 5.62. The molecule has 31 heavy (non-hydrogen) atoms. The summed E-state index contributed by atoms with van der Waals surface area (Å²) in [6.07, 6.45) is 3.26. The maximum Gasteiger partial charge on any atom is 0.306 e. The highest BCUT2D eigenvalue weighted by Gasteiger charge is 2.17. The highest BCUT2D eigenvalue weighted by molar-refractivity contribution is 5.98. The number of ketones is 1. The summed E-state index contributed by atoms with van der Waals surface area (Å²) in [4.78, 5) is 40.2. The van der Waals surface area contributed by atoms with Crippen LogP contribution in [0.3, 0.4) is 0 Å². The first kappa shape index (κ1) is 22.5. The Morgan fingerprint density at radius 1 is 0.903 bits per heavy atom. The number of rotatable bonds is 9. The number of hydrogen-bond acceptors (Lipinski definition) is 5. The Bertz CT molecular complexity index is 950. The molecular formula is C25H30N2O4. The van der Waals surface area contributed by atoms with E-state index in [0.29, 0.717) is 12.1 Å². The lowest BCUT2D eigenvalue weighted by molar-refractivity contribution is -0.151. The average Bonchev–Trinajstić information content (AvgIpc) is 3.24. The number of carbonyl (C=O) groups is 3. The van der Waals surface area contributed by atoms with Gasteiger partial charge in [0.25, 0.3) is 5.91 Å². The Labute approximate surface area is 183 Å². The van der Waals surface area contributed by atoms with Crippen LogP contribution in [0, 0.1) is 0 Å². The summed E-state index contributed by atoms with van der Waals surface area (Å²) in [6.45, 7) is 0.110. The van der Waals surface area contributed by atoms with E-state index in [1.54, 1.807) is 7.05 Å². The molecule has 0 unspecified atom stereocenters. The van der Waals surface area contributed by atoms with Gasteiger partial charge in [0.1, 0.15) is 0 Å². The molecule has 0 saturated carbocycles. The molecular weight excluding hydrogens is 392 g/mol. The molecule has 0 saturated heterocycles. The maximum atomic E-state index is 12.4. The van der Waals surface area contributed by atoms with Gasteiger partial charge in [-0.05, 0) is 54.2 Å². The molecule has 6 nitrogen and oxygen atoms in total. The van der Waals surface area contributed by atoms with Gasteiger partial charge in [-0.15, -0.1) is 0 Å². The molecule has 164 valence electrons. The fourth-order valence-corrected chi connectivity index (χ4v) is 3.69. The fraction of sp³-hybridized carbons (Fsp3) is 0.400. The Kier molecular flexibility index (Phi) is 7.45. The number of esters is 1. The SMILES string of the molecule is CN(Cc1ccc(N(C)C)cc1)C(=O)COC(=O)CCC(=O)c1ccc2c(c1)CCC2. The van der Waals surface area contributed by atoms with E-state index in [9.17, 15) is 14.4 Å². The van der Waals surface area contributed by atoms with E-state index in [-0.39, 0.29) is 31.1 Å². The molecule has 1 amide bonds. The molecule has 0 N–H and O–H groups in total. The number of benzene rings is 2. The number of amides is 1. The molecule has 0 fully saturated rings. The van der Waals surface area contributed by atoms with Gasteiger partial charge in [0.2, 0.25) is 0 Å². The molecule has 2 aromatic carbocycles. The van der Waals surface area contributed by atoms with Crippen molar-refractivity contribution in [2.45, 2.75) is 38.6 Å². The molecule has 0 atom stereocenters. The summed E-state index contributed by atoms with van der Waals surface area (Å²) >= 11 is 0. The quantitative estimate of drug-likeness (QED) is 0.458. The van der Waals surface area contributed by atoms with Crippen LogP contribution in [-0.2, 0) is 33.7 Å². The molecule has 3 rings (SSSR count). The van der Waals surface area contributed by atoms with Crippen LogP contribution in [0.5, 0.6) is 0 Å². The minimum absolute atomic E-state index is 0.0289. The van der Waals surface area contributed by atoms with Crippen molar-refractivity contribution in [2.24, 2.45) is 0 Å². The standard InChI is InChI=1S/C25H30N2O4/c1-26(2)22-11-7-18(8-12-22)16-27(3)24(29)17-31-25(30)14-13-23(28)21-10-9-19-5-4-6-20(19)15-21/h7-12,15H,4-6,13-14,16-17H2,1-3H3. The highest BCUT2D eigenvalue weighted by atomic mass is 16.5. The third-order valence-corrected chi connectivity index (χ3v) is 5.63. The summed E-state index contributed by atoms with van der Waals surface area (Å²) in [6, 6.07) is 13.7. The van der Waals surface area contributed by atoms with Crippen molar-refractivity contribution in [3.05, 3.63) is 64.7 Å². The van der Waals surface area contributed by atoms with Gasteiger partial charge in [0.15, 0.2) is 12.4 Å². The van der Waals surface area contributed by atoms with Crippen LogP contribution in [0.4, 0.5) is 5.69 Å². The number of hydrogen-bond donors (Lipinski definition) is 0. The van der Waals surface area contributed by atoms with E-state index >= 15 is 0 Å². The molecule has 0 aliphatic heterocycles. The molecule has 1 aliphatic rings. The molecule has 0 aromatic heterocycles. The lowest BCUT2D eigenvalue weighted by Gasteiger charge is -2.18. The third-order valence-electron chi connectivity index (χ3n) is 5.63. The number of anilines is 1. The zero-order chi connectivity index (χ0) is 22.4. The van der Waals surface area contributed by atoms with Crippen LogP contribution in [-0.4, -0.2) is 50.3 Å². The van der Waals surface area contributed by atoms with Gasteiger partial charge in [-0.25, -0.2) is 0 Å². The van der Waals surface area contributed by atoms with Gasteiger partial charge >= 0.3 is 5.97 Å². The Morgan fingerprint density at radius 3 is 2.32 bits per heavy atom. The first-order chi connectivity index (χ1) is 14.8. The monoisotopic (exact) mass is 422 g/mol. The molecule has 0 bridgehead atoms. The number of carbonyl (C=O) groups excluding carboxylic acids is 3. The lowest BCUT2D eigenvalue weighted by atomic mass is 10.0. The van der Waals surface area contributed by atoms with Crippen molar-refractivity contribution in [3.8, 4) is 0 Å². The zero-order valence-corrected chi connectivity index (χ0v) is 18.5. The predicted molar refractivity (Wildman–Crippen MR) is 120 cm³/mol. The Morgan fingerprint density at radius 2 is 1.61 bits per heavy atom. The van der Waals surface area contributed by atoms with Crippen molar-refractivity contribution in [3.63, 3.8) is 0 Å². The topological polar surface area (TPSA) is 66.9 Å². The number of aryl methyl sites for hydroxylation is 2. The molecule has 0 radical (unpaired) electrons. The number of ether oxygens (including phenoxy) is 1. The van der Waals surface area contributed by atoms with Crippen LogP contribution in [0.25, 0.3) is 0 Å². The first-order valence-corrected chi connectivity index (χ1v) is 10.6. The summed E-state index contributed by atoms with van der Waals surface area (Å²) in [5.74, 6) is -0.891. The summed E-state index contributed by atoms with van der Waals surface area (Å²) < 4.78 is 5.08. The molecule has 0 spiro atoms. The molecule has 1 aliphatic carbocycles. The molecule has 2 aromatic rings. The summed E-state index contributed by atoms with van der Waals surface area (Å²) in [5.41, 5.74) is 5.27. The molecule has 0 heterocycles. The average molecular weight is 423 g/mol. The van der Waals surface area contributed by atoms with E-state index in [1.165, 1.54) is 16.0 Å². The largest absolute Gasteiger partial charge is 0.456 e. The van der Waals surface area contributed by atoms with Crippen molar-refractivity contribution in [1.29, 1.82) is 0 Å². The first-order valence-electron chi connectivity index (χ1n) is 10.6. The van der Waals surface area contributed by atoms with Crippen molar-refractivity contribution < 1.29 is 19.1 Å². The van der Waals surface area contributed by atoms with Gasteiger partial charge in [0.05, 0.1) is 6.42 Å². The third kappa shape index (κ3) is 6.17. The van der Waals surface area contributed by atoms with E-state index < -0.39 is 5.97 Å². The second-order valence-corrected chi connectivity index (χ2v) is 8.23. The number of nitrogens with zero attached hydrogens (tertiary/aromatic N) is 2. The smallest absolute Gasteiger partial charge is 0.306 e. The number of Topliss-reactive ketones (excluding diaryl/α,β-unsaturated/α-hetero) is 1. The minimum Gasteiger partial charge on any atom is -0.456 e. The van der Waals surface area contributed by atoms with E-state index in [1.807, 2.05) is 61.5 Å². The number of likely N-dealkylation sites (N-methyl/N-ethyl adjacent to an activating group) is 1. The Hall–Kier alpha value is -3.15. The number of fused-ring (bicyclic) bond motifs is 1. The van der Waals surface area contributed by atoms with E-state index in [2.05, 4.69) is 0 Å². The van der Waals surface area contributed by atoms with Crippen molar-refractivity contribution >= 4 is 23.3 Å². The van der Waals surface area contributed by atoms with Gasteiger partial charge in [-0.3, -0.25) is 14.4 Å². The van der Waals surface area contributed by atoms with Gasteiger partial charge in [-0.1, -0.05) is 24.3 Å². The van der Waals surface area contributed by atoms with Crippen LogP contribution in [0.1, 0.15) is 46.3 Å². The van der Waals surface area contributed by atoms with Gasteiger partial charge < -0.3 is 14.5 Å².